The highest BCUT2D eigenvalue weighted by molar-refractivity contribution is 5.76. The van der Waals surface area contributed by atoms with Crippen molar-refractivity contribution in [1.29, 1.82) is 0 Å². The zero-order valence-electron chi connectivity index (χ0n) is 13.7. The van der Waals surface area contributed by atoms with Crippen LogP contribution in [0.15, 0.2) is 54.6 Å². The van der Waals surface area contributed by atoms with E-state index in [0.717, 1.165) is 17.1 Å². The number of nitrogens with zero attached hydrogens (tertiary/aromatic N) is 1. The largest absolute Gasteiger partial charge is 0.486 e. The van der Waals surface area contributed by atoms with Gasteiger partial charge >= 0.3 is 0 Å². The fraction of sp³-hybridized carbons (Fsp3) is 0.316. The predicted molar refractivity (Wildman–Crippen MR) is 92.0 cm³/mol. The molecule has 0 spiro atoms. The smallest absolute Gasteiger partial charge is 0.224 e. The van der Waals surface area contributed by atoms with Gasteiger partial charge in [-0.1, -0.05) is 42.5 Å². The highest BCUT2D eigenvalue weighted by atomic mass is 16.6. The van der Waals surface area contributed by atoms with Crippen LogP contribution in [0.25, 0.3) is 0 Å². The highest BCUT2D eigenvalue weighted by Crippen LogP contribution is 2.31. The summed E-state index contributed by atoms with van der Waals surface area (Å²) in [4.78, 5) is 14.1. The van der Waals surface area contributed by atoms with Gasteiger partial charge in [0, 0.05) is 19.5 Å². The SMILES string of the molecule is CN(C[C@H]1COc2ccccc2O1)C(=O)C[C@H](N)c1ccccc1. The summed E-state index contributed by atoms with van der Waals surface area (Å²) in [5.41, 5.74) is 7.09. The minimum absolute atomic E-state index is 0.00573. The summed E-state index contributed by atoms with van der Waals surface area (Å²) in [5.74, 6) is 1.46. The first-order valence-electron chi connectivity index (χ1n) is 8.06. The molecule has 2 N–H and O–H groups in total. The molecule has 2 aromatic carbocycles. The Bertz CT molecular complexity index is 690. The lowest BCUT2D eigenvalue weighted by molar-refractivity contribution is -0.131. The Balaban J connectivity index is 1.53. The first-order chi connectivity index (χ1) is 11.6. The Kier molecular flexibility index (Phi) is 5.01. The van der Waals surface area contributed by atoms with E-state index in [4.69, 9.17) is 15.2 Å². The highest BCUT2D eigenvalue weighted by Gasteiger charge is 2.24. The molecule has 3 rings (SSSR count). The lowest BCUT2D eigenvalue weighted by atomic mass is 10.0. The van der Waals surface area contributed by atoms with Crippen LogP contribution < -0.4 is 15.2 Å². The summed E-state index contributed by atoms with van der Waals surface area (Å²) in [6.07, 6.45) is 0.0896. The molecule has 1 amide bonds. The van der Waals surface area contributed by atoms with Gasteiger partial charge in [0.1, 0.15) is 6.61 Å². The molecule has 24 heavy (non-hydrogen) atoms. The Morgan fingerprint density at radius 1 is 1.17 bits per heavy atom. The van der Waals surface area contributed by atoms with E-state index < -0.39 is 0 Å². The van der Waals surface area contributed by atoms with E-state index in [-0.39, 0.29) is 24.5 Å². The van der Waals surface area contributed by atoms with Crippen molar-refractivity contribution in [2.75, 3.05) is 20.2 Å². The van der Waals surface area contributed by atoms with E-state index in [1.165, 1.54) is 0 Å². The van der Waals surface area contributed by atoms with Crippen LogP contribution in [0.2, 0.25) is 0 Å². The molecular weight excluding hydrogens is 304 g/mol. The van der Waals surface area contributed by atoms with Gasteiger partial charge in [0.05, 0.1) is 6.54 Å². The molecule has 1 heterocycles. The summed E-state index contributed by atoms with van der Waals surface area (Å²) in [7, 11) is 1.77. The molecular formula is C19H22N2O3. The van der Waals surface area contributed by atoms with Crippen LogP contribution in [0.4, 0.5) is 0 Å². The van der Waals surface area contributed by atoms with Crippen molar-refractivity contribution in [3.05, 3.63) is 60.2 Å². The molecule has 0 saturated carbocycles. The van der Waals surface area contributed by atoms with Crippen molar-refractivity contribution >= 4 is 5.91 Å². The maximum absolute atomic E-state index is 12.4. The van der Waals surface area contributed by atoms with Crippen LogP contribution in [0.1, 0.15) is 18.0 Å². The topological polar surface area (TPSA) is 64.8 Å². The minimum atomic E-state index is -0.301. The van der Waals surface area contributed by atoms with Crippen LogP contribution in [-0.2, 0) is 4.79 Å². The molecule has 1 aliphatic heterocycles. The van der Waals surface area contributed by atoms with E-state index in [0.29, 0.717) is 13.2 Å². The minimum Gasteiger partial charge on any atom is -0.486 e. The van der Waals surface area contributed by atoms with Crippen LogP contribution in [0.3, 0.4) is 0 Å². The number of rotatable bonds is 5. The third-order valence-corrected chi connectivity index (χ3v) is 4.09. The zero-order chi connectivity index (χ0) is 16.9. The van der Waals surface area contributed by atoms with Gasteiger partial charge in [-0.3, -0.25) is 4.79 Å². The monoisotopic (exact) mass is 326 g/mol. The molecule has 0 aliphatic carbocycles. The maximum atomic E-state index is 12.4. The summed E-state index contributed by atoms with van der Waals surface area (Å²) < 4.78 is 11.6. The molecule has 126 valence electrons. The van der Waals surface area contributed by atoms with Gasteiger partial charge in [-0.25, -0.2) is 0 Å². The predicted octanol–water partition coefficient (Wildman–Crippen LogP) is 2.37. The average molecular weight is 326 g/mol. The molecule has 0 bridgehead atoms. The number of likely N-dealkylation sites (N-methyl/N-ethyl adjacent to an activating group) is 1. The quantitative estimate of drug-likeness (QED) is 0.916. The van der Waals surface area contributed by atoms with Gasteiger partial charge in [-0.2, -0.15) is 0 Å². The van der Waals surface area contributed by atoms with Gasteiger partial charge in [0.2, 0.25) is 5.91 Å². The number of hydrogen-bond donors (Lipinski definition) is 1. The Morgan fingerprint density at radius 3 is 2.58 bits per heavy atom. The Labute approximate surface area is 142 Å². The number of benzene rings is 2. The second kappa shape index (κ2) is 7.36. The fourth-order valence-electron chi connectivity index (χ4n) is 2.72. The number of amides is 1. The van der Waals surface area contributed by atoms with Crippen LogP contribution >= 0.6 is 0 Å². The van der Waals surface area contributed by atoms with Crippen molar-refractivity contribution < 1.29 is 14.3 Å². The first-order valence-corrected chi connectivity index (χ1v) is 8.06. The second-order valence-corrected chi connectivity index (χ2v) is 5.99. The molecule has 0 fully saturated rings. The molecule has 5 nitrogen and oxygen atoms in total. The van der Waals surface area contributed by atoms with E-state index in [9.17, 15) is 4.79 Å². The van der Waals surface area contributed by atoms with Gasteiger partial charge in [-0.15, -0.1) is 0 Å². The molecule has 5 heteroatoms. The molecule has 0 aromatic heterocycles. The first kappa shape index (κ1) is 16.3. The number of carbonyl (C=O) groups is 1. The fourth-order valence-corrected chi connectivity index (χ4v) is 2.72. The van der Waals surface area contributed by atoms with Crippen molar-refractivity contribution in [3.8, 4) is 11.5 Å². The summed E-state index contributed by atoms with van der Waals surface area (Å²) in [6.45, 7) is 0.897. The van der Waals surface area contributed by atoms with E-state index >= 15 is 0 Å². The van der Waals surface area contributed by atoms with E-state index in [1.807, 2.05) is 54.6 Å². The van der Waals surface area contributed by atoms with Crippen molar-refractivity contribution in [1.82, 2.24) is 4.90 Å². The normalized spacial score (nSPS) is 17.2. The zero-order valence-corrected chi connectivity index (χ0v) is 13.7. The van der Waals surface area contributed by atoms with Gasteiger partial charge in [0.25, 0.3) is 0 Å². The number of fused-ring (bicyclic) bond motifs is 1. The average Bonchev–Trinajstić information content (AvgIpc) is 2.62. The van der Waals surface area contributed by atoms with Gasteiger partial charge < -0.3 is 20.1 Å². The number of para-hydroxylation sites is 2. The lowest BCUT2D eigenvalue weighted by Gasteiger charge is -2.30. The summed E-state index contributed by atoms with van der Waals surface area (Å²) in [5, 5.41) is 0. The van der Waals surface area contributed by atoms with Crippen LogP contribution in [0, 0.1) is 0 Å². The molecule has 0 unspecified atom stereocenters. The Hall–Kier alpha value is -2.53. The number of ether oxygens (including phenoxy) is 2. The van der Waals surface area contributed by atoms with E-state index in [1.54, 1.807) is 11.9 Å². The van der Waals surface area contributed by atoms with Crippen LogP contribution in [0.5, 0.6) is 11.5 Å². The standard InChI is InChI=1S/C19H22N2O3/c1-21(19(22)11-16(20)14-7-3-2-4-8-14)12-15-13-23-17-9-5-6-10-18(17)24-15/h2-10,15-16H,11-13,20H2,1H3/t15-,16-/m0/s1. The Morgan fingerprint density at radius 2 is 1.83 bits per heavy atom. The van der Waals surface area contributed by atoms with Gasteiger partial charge in [-0.05, 0) is 17.7 Å². The number of nitrogens with two attached hydrogens (primary N) is 1. The summed E-state index contributed by atoms with van der Waals surface area (Å²) >= 11 is 0. The van der Waals surface area contributed by atoms with Gasteiger partial charge in [0.15, 0.2) is 17.6 Å². The molecule has 2 atom stereocenters. The summed E-state index contributed by atoms with van der Waals surface area (Å²) in [6, 6.07) is 16.9. The van der Waals surface area contributed by atoms with Crippen LogP contribution in [-0.4, -0.2) is 37.1 Å². The third kappa shape index (κ3) is 3.86. The van der Waals surface area contributed by atoms with Crippen molar-refractivity contribution in [3.63, 3.8) is 0 Å². The van der Waals surface area contributed by atoms with E-state index in [2.05, 4.69) is 0 Å². The maximum Gasteiger partial charge on any atom is 0.224 e. The second-order valence-electron chi connectivity index (χ2n) is 5.99. The van der Waals surface area contributed by atoms with Crippen molar-refractivity contribution in [2.45, 2.75) is 18.6 Å². The number of carbonyl (C=O) groups excluding carboxylic acids is 1. The lowest BCUT2D eigenvalue weighted by Crippen LogP contribution is -2.42. The van der Waals surface area contributed by atoms with Crippen molar-refractivity contribution in [2.24, 2.45) is 5.73 Å². The molecule has 0 saturated heterocycles. The molecule has 2 aromatic rings. The molecule has 1 aliphatic rings. The number of hydrogen-bond acceptors (Lipinski definition) is 4. The third-order valence-electron chi connectivity index (χ3n) is 4.09. The molecule has 0 radical (unpaired) electrons.